The molecule has 0 radical (unpaired) electrons. The smallest absolute Gasteiger partial charge is 0.0151 e. The highest BCUT2D eigenvalue weighted by molar-refractivity contribution is 5.00. The molecule has 4 fully saturated rings. The molecule has 0 saturated heterocycles. The molecule has 0 unspecified atom stereocenters. The first-order valence-electron chi connectivity index (χ1n) is 7.92. The van der Waals surface area contributed by atoms with Gasteiger partial charge >= 0.3 is 0 Å². The van der Waals surface area contributed by atoms with Crippen LogP contribution in [-0.4, -0.2) is 5.54 Å². The predicted octanol–water partition coefficient (Wildman–Crippen LogP) is 3.97. The Morgan fingerprint density at radius 3 is 1.76 bits per heavy atom. The van der Waals surface area contributed by atoms with Gasteiger partial charge in [-0.2, -0.15) is 0 Å². The Bertz CT molecular complexity index is 251. The van der Waals surface area contributed by atoms with E-state index in [2.05, 4.69) is 13.8 Å². The molecule has 0 spiro atoms. The first-order valence-corrected chi connectivity index (χ1v) is 7.92. The first-order chi connectivity index (χ1) is 8.13. The molecule has 0 atom stereocenters. The van der Waals surface area contributed by atoms with Gasteiger partial charge in [0, 0.05) is 5.54 Å². The van der Waals surface area contributed by atoms with E-state index in [1.807, 2.05) is 0 Å². The van der Waals surface area contributed by atoms with Crippen LogP contribution in [0.1, 0.15) is 65.2 Å². The molecule has 4 rings (SSSR count). The van der Waals surface area contributed by atoms with Crippen molar-refractivity contribution in [2.45, 2.75) is 70.8 Å². The summed E-state index contributed by atoms with van der Waals surface area (Å²) in [5, 5.41) is 0. The molecule has 0 aromatic carbocycles. The maximum absolute atomic E-state index is 6.58. The van der Waals surface area contributed by atoms with Gasteiger partial charge in [0.2, 0.25) is 0 Å². The summed E-state index contributed by atoms with van der Waals surface area (Å²) in [6.45, 7) is 4.55. The van der Waals surface area contributed by atoms with Crippen molar-refractivity contribution < 1.29 is 0 Å². The Balaban J connectivity index is 1.72. The molecule has 98 valence electrons. The lowest BCUT2D eigenvalue weighted by atomic mass is 9.50. The molecule has 4 aliphatic rings. The second-order valence-corrected chi connectivity index (χ2v) is 7.37. The average Bonchev–Trinajstić information content (AvgIpc) is 2.33. The lowest BCUT2D eigenvalue weighted by molar-refractivity contribution is -0.0484. The van der Waals surface area contributed by atoms with Crippen molar-refractivity contribution in [3.63, 3.8) is 0 Å². The van der Waals surface area contributed by atoms with E-state index >= 15 is 0 Å². The molecular weight excluding hydrogens is 206 g/mol. The van der Waals surface area contributed by atoms with Crippen LogP contribution >= 0.6 is 0 Å². The summed E-state index contributed by atoms with van der Waals surface area (Å²) in [4.78, 5) is 0. The molecule has 4 aliphatic carbocycles. The van der Waals surface area contributed by atoms with Gasteiger partial charge in [0.15, 0.2) is 0 Å². The minimum absolute atomic E-state index is 0.139. The minimum Gasteiger partial charge on any atom is -0.325 e. The first kappa shape index (κ1) is 12.0. The third-order valence-electron chi connectivity index (χ3n) is 6.47. The van der Waals surface area contributed by atoms with Gasteiger partial charge in [-0.15, -0.1) is 0 Å². The largest absolute Gasteiger partial charge is 0.325 e. The summed E-state index contributed by atoms with van der Waals surface area (Å²) in [7, 11) is 0. The number of hydrogen-bond acceptors (Lipinski definition) is 1. The third-order valence-corrected chi connectivity index (χ3v) is 6.47. The summed E-state index contributed by atoms with van der Waals surface area (Å²) in [6.07, 6.45) is 11.4. The molecule has 17 heavy (non-hydrogen) atoms. The summed E-state index contributed by atoms with van der Waals surface area (Å²) in [5.74, 6) is 5.28. The van der Waals surface area contributed by atoms with Gasteiger partial charge in [0.25, 0.3) is 0 Å². The van der Waals surface area contributed by atoms with E-state index in [4.69, 9.17) is 5.73 Å². The summed E-state index contributed by atoms with van der Waals surface area (Å²) < 4.78 is 0. The SMILES string of the molecule is CCC(N)(CC)CC1C2CC3CC(C2)CC1C3. The van der Waals surface area contributed by atoms with E-state index in [0.717, 1.165) is 42.4 Å². The van der Waals surface area contributed by atoms with Gasteiger partial charge in [-0.25, -0.2) is 0 Å². The van der Waals surface area contributed by atoms with E-state index in [1.54, 1.807) is 32.1 Å². The molecule has 2 N–H and O–H groups in total. The van der Waals surface area contributed by atoms with E-state index < -0.39 is 0 Å². The highest BCUT2D eigenvalue weighted by atomic mass is 14.7. The number of nitrogens with two attached hydrogens (primary N) is 1. The normalized spacial score (nSPS) is 44.3. The van der Waals surface area contributed by atoms with Crippen LogP contribution in [0.25, 0.3) is 0 Å². The molecular formula is C16H29N. The fourth-order valence-electron chi connectivity index (χ4n) is 5.38. The van der Waals surface area contributed by atoms with Crippen molar-refractivity contribution in [1.29, 1.82) is 0 Å². The van der Waals surface area contributed by atoms with Crippen molar-refractivity contribution in [2.24, 2.45) is 35.3 Å². The lowest BCUT2D eigenvalue weighted by Crippen LogP contribution is -2.50. The Kier molecular flexibility index (Phi) is 3.01. The Morgan fingerprint density at radius 2 is 1.35 bits per heavy atom. The summed E-state index contributed by atoms with van der Waals surface area (Å²) >= 11 is 0. The van der Waals surface area contributed by atoms with Crippen LogP contribution in [0, 0.1) is 29.6 Å². The average molecular weight is 235 g/mol. The van der Waals surface area contributed by atoms with E-state index in [1.165, 1.54) is 6.42 Å². The Morgan fingerprint density at radius 1 is 0.882 bits per heavy atom. The fraction of sp³-hybridized carbons (Fsp3) is 1.00. The molecule has 0 aliphatic heterocycles. The van der Waals surface area contributed by atoms with Gasteiger partial charge in [0.1, 0.15) is 0 Å². The van der Waals surface area contributed by atoms with Crippen LogP contribution in [0.5, 0.6) is 0 Å². The molecule has 1 nitrogen and oxygen atoms in total. The monoisotopic (exact) mass is 235 g/mol. The zero-order valence-corrected chi connectivity index (χ0v) is 11.6. The predicted molar refractivity (Wildman–Crippen MR) is 72.7 cm³/mol. The van der Waals surface area contributed by atoms with Crippen molar-refractivity contribution in [3.8, 4) is 0 Å². The van der Waals surface area contributed by atoms with Crippen LogP contribution in [0.15, 0.2) is 0 Å². The van der Waals surface area contributed by atoms with Gasteiger partial charge in [0.05, 0.1) is 0 Å². The maximum Gasteiger partial charge on any atom is 0.0151 e. The minimum atomic E-state index is 0.139. The van der Waals surface area contributed by atoms with Crippen LogP contribution in [0.2, 0.25) is 0 Å². The van der Waals surface area contributed by atoms with Gasteiger partial charge in [-0.3, -0.25) is 0 Å². The fourth-order valence-corrected chi connectivity index (χ4v) is 5.38. The van der Waals surface area contributed by atoms with E-state index in [0.29, 0.717) is 0 Å². The van der Waals surface area contributed by atoms with Gasteiger partial charge in [-0.1, -0.05) is 13.8 Å². The summed E-state index contributed by atoms with van der Waals surface area (Å²) in [6, 6.07) is 0. The second kappa shape index (κ2) is 4.26. The number of hydrogen-bond donors (Lipinski definition) is 1. The molecule has 4 bridgehead atoms. The van der Waals surface area contributed by atoms with Crippen molar-refractivity contribution in [2.75, 3.05) is 0 Å². The van der Waals surface area contributed by atoms with Crippen molar-refractivity contribution >= 4 is 0 Å². The summed E-state index contributed by atoms with van der Waals surface area (Å²) in [5.41, 5.74) is 6.72. The van der Waals surface area contributed by atoms with Gasteiger partial charge in [-0.05, 0) is 81.0 Å². The molecule has 0 aromatic rings. The van der Waals surface area contributed by atoms with Gasteiger partial charge < -0.3 is 5.73 Å². The van der Waals surface area contributed by atoms with Crippen LogP contribution in [0.4, 0.5) is 0 Å². The quantitative estimate of drug-likeness (QED) is 0.784. The highest BCUT2D eigenvalue weighted by Gasteiger charge is 2.49. The van der Waals surface area contributed by atoms with Crippen LogP contribution in [0.3, 0.4) is 0 Å². The van der Waals surface area contributed by atoms with E-state index in [-0.39, 0.29) is 5.54 Å². The molecule has 0 amide bonds. The van der Waals surface area contributed by atoms with Crippen LogP contribution < -0.4 is 5.73 Å². The Hall–Kier alpha value is -0.0400. The molecule has 0 aromatic heterocycles. The molecule has 4 saturated carbocycles. The van der Waals surface area contributed by atoms with Crippen molar-refractivity contribution in [3.05, 3.63) is 0 Å². The zero-order valence-electron chi connectivity index (χ0n) is 11.6. The topological polar surface area (TPSA) is 26.0 Å². The van der Waals surface area contributed by atoms with Crippen LogP contribution in [-0.2, 0) is 0 Å². The number of rotatable bonds is 4. The standard InChI is InChI=1S/C16H29N/c1-3-16(17,4-2)10-15-13-6-11-5-12(8-13)9-14(15)7-11/h11-15H,3-10,17H2,1-2H3. The second-order valence-electron chi connectivity index (χ2n) is 7.37. The molecule has 1 heteroatoms. The van der Waals surface area contributed by atoms with E-state index in [9.17, 15) is 0 Å². The Labute approximate surface area is 107 Å². The zero-order chi connectivity index (χ0) is 12.0. The van der Waals surface area contributed by atoms with Crippen molar-refractivity contribution in [1.82, 2.24) is 0 Å². The third kappa shape index (κ3) is 2.05. The molecule has 0 heterocycles. The lowest BCUT2D eigenvalue weighted by Gasteiger charge is -2.56. The highest BCUT2D eigenvalue weighted by Crippen LogP contribution is 2.58. The maximum atomic E-state index is 6.58.